The number of carbonyl (C=O) groups is 1. The Morgan fingerprint density at radius 1 is 1.32 bits per heavy atom. The average Bonchev–Trinajstić information content (AvgIpc) is 2.60. The molecule has 1 amide bonds. The highest BCUT2D eigenvalue weighted by Gasteiger charge is 2.06. The minimum atomic E-state index is -0.624. The lowest BCUT2D eigenvalue weighted by atomic mass is 10.1. The summed E-state index contributed by atoms with van der Waals surface area (Å²) in [5.74, 6) is 0. The molecule has 2 N–H and O–H groups in total. The Morgan fingerprint density at radius 2 is 2.12 bits per heavy atom. The monoisotopic (exact) mass is 362 g/mol. The molecule has 7 nitrogen and oxygen atoms in total. The number of benzene rings is 1. The number of hydrazine groups is 1. The Hall–Kier alpha value is -2.80. The molecule has 2 rings (SSSR count). The maximum atomic E-state index is 11.1. The molecule has 0 saturated carbocycles. The number of oxime groups is 1. The van der Waals surface area contributed by atoms with Gasteiger partial charge in [-0.2, -0.15) is 0 Å². The Labute approximate surface area is 151 Å². The van der Waals surface area contributed by atoms with Crippen LogP contribution in [0.2, 0.25) is 5.02 Å². The molecular formula is C17H19ClN4O3. The summed E-state index contributed by atoms with van der Waals surface area (Å²) in [6, 6.07) is 11.0. The summed E-state index contributed by atoms with van der Waals surface area (Å²) in [5.41, 5.74) is 8.72. The smallest absolute Gasteiger partial charge is 0.425 e. The summed E-state index contributed by atoms with van der Waals surface area (Å²) in [7, 11) is 1.27. The van der Waals surface area contributed by atoms with Crippen LogP contribution >= 0.6 is 11.6 Å². The van der Waals surface area contributed by atoms with Crippen molar-refractivity contribution in [2.45, 2.75) is 20.5 Å². The number of ether oxygens (including phenoxy) is 1. The van der Waals surface area contributed by atoms with E-state index in [1.807, 2.05) is 32.0 Å². The Balaban J connectivity index is 2.02. The zero-order chi connectivity index (χ0) is 18.2. The van der Waals surface area contributed by atoms with Gasteiger partial charge in [0, 0.05) is 11.3 Å². The summed E-state index contributed by atoms with van der Waals surface area (Å²) < 4.78 is 4.49. The van der Waals surface area contributed by atoms with Crippen LogP contribution in [0.4, 0.5) is 10.5 Å². The van der Waals surface area contributed by atoms with Crippen molar-refractivity contribution in [3.05, 3.63) is 58.4 Å². The molecule has 2 aromatic rings. The minimum Gasteiger partial charge on any atom is -0.452 e. The van der Waals surface area contributed by atoms with Gasteiger partial charge in [0.15, 0.2) is 6.61 Å². The first-order chi connectivity index (χ1) is 12.0. The van der Waals surface area contributed by atoms with Crippen LogP contribution in [0.3, 0.4) is 0 Å². The number of aromatic nitrogens is 1. The van der Waals surface area contributed by atoms with E-state index in [0.29, 0.717) is 16.4 Å². The number of carbonyl (C=O) groups excluding carboxylic acids is 1. The standard InChI is InChI=1S/C17H19ClN4O3/c1-11-5-4-6-14(19-11)10-25-22-12(2)13-7-8-15(18)16(9-13)20-21-17(23)24-3/h4-9,20H,10H2,1-3H3,(H,21,23). The van der Waals surface area contributed by atoms with Crippen molar-refractivity contribution in [2.75, 3.05) is 12.5 Å². The molecule has 0 radical (unpaired) electrons. The molecule has 0 bridgehead atoms. The minimum absolute atomic E-state index is 0.279. The predicted octanol–water partition coefficient (Wildman–Crippen LogP) is 3.67. The quantitative estimate of drug-likeness (QED) is 0.605. The fourth-order valence-electron chi connectivity index (χ4n) is 1.94. The number of nitrogens with zero attached hydrogens (tertiary/aromatic N) is 2. The molecule has 0 atom stereocenters. The summed E-state index contributed by atoms with van der Waals surface area (Å²) in [6.45, 7) is 4.01. The Morgan fingerprint density at radius 3 is 2.84 bits per heavy atom. The van der Waals surface area contributed by atoms with Crippen LogP contribution < -0.4 is 10.9 Å². The molecule has 0 aliphatic carbocycles. The number of pyridine rings is 1. The van der Waals surface area contributed by atoms with E-state index >= 15 is 0 Å². The summed E-state index contributed by atoms with van der Waals surface area (Å²) >= 11 is 6.09. The number of anilines is 1. The van der Waals surface area contributed by atoms with Gasteiger partial charge < -0.3 is 9.57 Å². The van der Waals surface area contributed by atoms with Crippen LogP contribution in [0, 0.1) is 6.92 Å². The van der Waals surface area contributed by atoms with Crippen LogP contribution in [0.1, 0.15) is 23.9 Å². The van der Waals surface area contributed by atoms with E-state index in [1.54, 1.807) is 18.2 Å². The lowest BCUT2D eigenvalue weighted by Crippen LogP contribution is -2.29. The number of hydrogen-bond acceptors (Lipinski definition) is 6. The number of nitrogens with one attached hydrogen (secondary N) is 2. The Kier molecular flexibility index (Phi) is 6.59. The van der Waals surface area contributed by atoms with E-state index in [4.69, 9.17) is 16.4 Å². The lowest BCUT2D eigenvalue weighted by molar-refractivity contribution is 0.127. The van der Waals surface area contributed by atoms with E-state index < -0.39 is 6.09 Å². The molecule has 0 fully saturated rings. The molecule has 132 valence electrons. The van der Waals surface area contributed by atoms with Crippen molar-refractivity contribution in [1.29, 1.82) is 0 Å². The predicted molar refractivity (Wildman–Crippen MR) is 96.6 cm³/mol. The number of hydrogen-bond donors (Lipinski definition) is 2. The third-order valence-electron chi connectivity index (χ3n) is 3.23. The van der Waals surface area contributed by atoms with Gasteiger partial charge in [-0.15, -0.1) is 0 Å². The van der Waals surface area contributed by atoms with E-state index in [2.05, 4.69) is 25.7 Å². The summed E-state index contributed by atoms with van der Waals surface area (Å²) in [4.78, 5) is 20.8. The number of halogens is 1. The molecule has 0 aliphatic rings. The van der Waals surface area contributed by atoms with E-state index in [9.17, 15) is 4.79 Å². The highest BCUT2D eigenvalue weighted by atomic mass is 35.5. The third-order valence-corrected chi connectivity index (χ3v) is 3.56. The molecule has 1 aromatic heterocycles. The fraction of sp³-hybridized carbons (Fsp3) is 0.235. The molecule has 1 heterocycles. The zero-order valence-electron chi connectivity index (χ0n) is 14.2. The molecular weight excluding hydrogens is 344 g/mol. The molecule has 0 saturated heterocycles. The lowest BCUT2D eigenvalue weighted by Gasteiger charge is -2.11. The van der Waals surface area contributed by atoms with E-state index in [0.717, 1.165) is 17.0 Å². The second kappa shape index (κ2) is 8.89. The highest BCUT2D eigenvalue weighted by Crippen LogP contribution is 2.22. The van der Waals surface area contributed by atoms with E-state index in [1.165, 1.54) is 7.11 Å². The van der Waals surface area contributed by atoms with Gasteiger partial charge >= 0.3 is 6.09 Å². The average molecular weight is 363 g/mol. The van der Waals surface area contributed by atoms with Crippen LogP contribution in [-0.2, 0) is 16.2 Å². The largest absolute Gasteiger partial charge is 0.452 e. The van der Waals surface area contributed by atoms with Crippen LogP contribution in [0.25, 0.3) is 0 Å². The third kappa shape index (κ3) is 5.65. The van der Waals surface area contributed by atoms with Gasteiger partial charge in [-0.25, -0.2) is 10.2 Å². The summed E-state index contributed by atoms with van der Waals surface area (Å²) in [6.07, 6.45) is -0.624. The number of aryl methyl sites for hydroxylation is 1. The maximum absolute atomic E-state index is 11.1. The van der Waals surface area contributed by atoms with E-state index in [-0.39, 0.29) is 6.61 Å². The van der Waals surface area contributed by atoms with Crippen LogP contribution in [-0.4, -0.2) is 23.9 Å². The van der Waals surface area contributed by atoms with Crippen molar-refractivity contribution in [2.24, 2.45) is 5.16 Å². The van der Waals surface area contributed by atoms with Crippen molar-refractivity contribution in [1.82, 2.24) is 10.4 Å². The van der Waals surface area contributed by atoms with Gasteiger partial charge in [-0.3, -0.25) is 10.4 Å². The molecule has 0 spiro atoms. The topological polar surface area (TPSA) is 84.8 Å². The zero-order valence-corrected chi connectivity index (χ0v) is 14.9. The van der Waals surface area contributed by atoms with Gasteiger partial charge in [-0.1, -0.05) is 28.9 Å². The summed E-state index contributed by atoms with van der Waals surface area (Å²) in [5, 5.41) is 4.54. The van der Waals surface area contributed by atoms with Gasteiger partial charge in [0.2, 0.25) is 0 Å². The molecule has 25 heavy (non-hydrogen) atoms. The molecule has 0 unspecified atom stereocenters. The van der Waals surface area contributed by atoms with Gasteiger partial charge in [0.25, 0.3) is 0 Å². The van der Waals surface area contributed by atoms with Gasteiger partial charge in [0.1, 0.15) is 0 Å². The normalized spacial score (nSPS) is 11.0. The van der Waals surface area contributed by atoms with Crippen molar-refractivity contribution < 1.29 is 14.4 Å². The number of rotatable bonds is 6. The number of methoxy groups -OCH3 is 1. The Bertz CT molecular complexity index is 780. The fourth-order valence-corrected chi connectivity index (χ4v) is 2.11. The van der Waals surface area contributed by atoms with Gasteiger partial charge in [0.05, 0.1) is 29.2 Å². The van der Waals surface area contributed by atoms with Gasteiger partial charge in [-0.05, 0) is 38.1 Å². The SMILES string of the molecule is COC(=O)NNc1cc(C(C)=NOCc2cccc(C)n2)ccc1Cl. The second-order valence-electron chi connectivity index (χ2n) is 5.16. The second-order valence-corrected chi connectivity index (χ2v) is 5.56. The first-order valence-electron chi connectivity index (χ1n) is 7.48. The molecule has 8 heteroatoms. The highest BCUT2D eigenvalue weighted by molar-refractivity contribution is 6.33. The van der Waals surface area contributed by atoms with Crippen LogP contribution in [0.15, 0.2) is 41.6 Å². The maximum Gasteiger partial charge on any atom is 0.425 e. The molecule has 0 aliphatic heterocycles. The molecule has 1 aromatic carbocycles. The first kappa shape index (κ1) is 18.5. The van der Waals surface area contributed by atoms with Crippen molar-refractivity contribution in [3.8, 4) is 0 Å². The van der Waals surface area contributed by atoms with Crippen LogP contribution in [0.5, 0.6) is 0 Å². The first-order valence-corrected chi connectivity index (χ1v) is 7.86. The number of amides is 1. The van der Waals surface area contributed by atoms with Crippen molar-refractivity contribution in [3.63, 3.8) is 0 Å². The van der Waals surface area contributed by atoms with Crippen molar-refractivity contribution >= 4 is 29.1 Å².